The van der Waals surface area contributed by atoms with Crippen LogP contribution in [0.25, 0.3) is 0 Å². The SMILES string of the molecule is Cc1cc(C)cc(CN(CC#N)C2CCCC2)c1. The summed E-state index contributed by atoms with van der Waals surface area (Å²) in [6, 6.07) is 9.62. The third-order valence-electron chi connectivity index (χ3n) is 3.78. The zero-order chi connectivity index (χ0) is 13.0. The van der Waals surface area contributed by atoms with Gasteiger partial charge in [0.05, 0.1) is 12.6 Å². The van der Waals surface area contributed by atoms with Crippen molar-refractivity contribution in [1.29, 1.82) is 5.26 Å². The molecule has 2 rings (SSSR count). The number of hydrogen-bond donors (Lipinski definition) is 0. The molecule has 0 bridgehead atoms. The van der Waals surface area contributed by atoms with E-state index in [1.54, 1.807) is 0 Å². The van der Waals surface area contributed by atoms with Crippen molar-refractivity contribution in [2.75, 3.05) is 6.54 Å². The summed E-state index contributed by atoms with van der Waals surface area (Å²) in [5.74, 6) is 0. The average Bonchev–Trinajstić information content (AvgIpc) is 2.80. The van der Waals surface area contributed by atoms with E-state index >= 15 is 0 Å². The number of benzene rings is 1. The fourth-order valence-electron chi connectivity index (χ4n) is 3.07. The molecular formula is C16H22N2. The van der Waals surface area contributed by atoms with Crippen LogP contribution in [0.2, 0.25) is 0 Å². The van der Waals surface area contributed by atoms with Crippen LogP contribution >= 0.6 is 0 Å². The highest BCUT2D eigenvalue weighted by molar-refractivity contribution is 5.28. The lowest BCUT2D eigenvalue weighted by Crippen LogP contribution is -2.33. The van der Waals surface area contributed by atoms with Gasteiger partial charge in [-0.05, 0) is 32.3 Å². The molecule has 0 saturated heterocycles. The highest BCUT2D eigenvalue weighted by Gasteiger charge is 2.22. The molecule has 0 heterocycles. The van der Waals surface area contributed by atoms with Crippen LogP contribution in [-0.2, 0) is 6.54 Å². The number of hydrogen-bond acceptors (Lipinski definition) is 2. The van der Waals surface area contributed by atoms with Crippen molar-refractivity contribution in [3.63, 3.8) is 0 Å². The summed E-state index contributed by atoms with van der Waals surface area (Å²) < 4.78 is 0. The topological polar surface area (TPSA) is 27.0 Å². The lowest BCUT2D eigenvalue weighted by Gasteiger charge is -2.26. The third kappa shape index (κ3) is 3.34. The fraction of sp³-hybridized carbons (Fsp3) is 0.562. The minimum atomic E-state index is 0.553. The normalized spacial score (nSPS) is 16.1. The van der Waals surface area contributed by atoms with Crippen LogP contribution in [0.5, 0.6) is 0 Å². The predicted octanol–water partition coefficient (Wildman–Crippen LogP) is 3.57. The minimum absolute atomic E-state index is 0.553. The van der Waals surface area contributed by atoms with E-state index in [-0.39, 0.29) is 0 Å². The molecule has 0 radical (unpaired) electrons. The Balaban J connectivity index is 2.10. The molecule has 0 spiro atoms. The molecule has 0 aliphatic heterocycles. The smallest absolute Gasteiger partial charge is 0.0871 e. The Labute approximate surface area is 110 Å². The number of nitrogens with zero attached hydrogens (tertiary/aromatic N) is 2. The van der Waals surface area contributed by atoms with E-state index < -0.39 is 0 Å². The molecule has 1 aromatic rings. The third-order valence-corrected chi connectivity index (χ3v) is 3.78. The summed E-state index contributed by atoms with van der Waals surface area (Å²) in [7, 11) is 0. The summed E-state index contributed by atoms with van der Waals surface area (Å²) in [5.41, 5.74) is 3.97. The van der Waals surface area contributed by atoms with Gasteiger partial charge in [-0.1, -0.05) is 42.2 Å². The van der Waals surface area contributed by atoms with Crippen LogP contribution in [0.1, 0.15) is 42.4 Å². The Bertz CT molecular complexity index is 419. The van der Waals surface area contributed by atoms with Crippen molar-refractivity contribution in [2.24, 2.45) is 0 Å². The first kappa shape index (κ1) is 13.1. The molecule has 18 heavy (non-hydrogen) atoms. The Hall–Kier alpha value is -1.33. The standard InChI is InChI=1S/C16H22N2/c1-13-9-14(2)11-15(10-13)12-18(8-7-17)16-5-3-4-6-16/h9-11,16H,3-6,8,12H2,1-2H3. The molecule has 1 aliphatic carbocycles. The predicted molar refractivity (Wildman–Crippen MR) is 74.2 cm³/mol. The molecule has 0 unspecified atom stereocenters. The molecule has 1 aromatic carbocycles. The molecule has 1 aliphatic rings. The van der Waals surface area contributed by atoms with Gasteiger partial charge < -0.3 is 0 Å². The van der Waals surface area contributed by atoms with Gasteiger partial charge in [-0.15, -0.1) is 0 Å². The Kier molecular flexibility index (Phi) is 4.38. The summed E-state index contributed by atoms with van der Waals surface area (Å²) >= 11 is 0. The van der Waals surface area contributed by atoms with Gasteiger partial charge in [0.15, 0.2) is 0 Å². The van der Waals surface area contributed by atoms with E-state index in [0.29, 0.717) is 12.6 Å². The highest BCUT2D eigenvalue weighted by atomic mass is 15.2. The lowest BCUT2D eigenvalue weighted by molar-refractivity contribution is 0.214. The van der Waals surface area contributed by atoms with Crippen LogP contribution in [0.15, 0.2) is 18.2 Å². The summed E-state index contributed by atoms with van der Waals surface area (Å²) in [4.78, 5) is 2.35. The first-order valence-corrected chi connectivity index (χ1v) is 6.87. The zero-order valence-corrected chi connectivity index (χ0v) is 11.4. The molecule has 1 fully saturated rings. The zero-order valence-electron chi connectivity index (χ0n) is 11.4. The van der Waals surface area contributed by atoms with Crippen molar-refractivity contribution < 1.29 is 0 Å². The number of nitriles is 1. The van der Waals surface area contributed by atoms with Crippen LogP contribution in [0.4, 0.5) is 0 Å². The Morgan fingerprint density at radius 2 is 1.78 bits per heavy atom. The Morgan fingerprint density at radius 3 is 2.33 bits per heavy atom. The summed E-state index contributed by atoms with van der Waals surface area (Å²) in [6.07, 6.45) is 5.15. The maximum absolute atomic E-state index is 8.99. The quantitative estimate of drug-likeness (QED) is 0.755. The number of rotatable bonds is 4. The van der Waals surface area contributed by atoms with E-state index in [0.717, 1.165) is 6.54 Å². The van der Waals surface area contributed by atoms with Crippen molar-refractivity contribution in [1.82, 2.24) is 4.90 Å². The molecule has 96 valence electrons. The van der Waals surface area contributed by atoms with E-state index in [9.17, 15) is 0 Å². The average molecular weight is 242 g/mol. The van der Waals surface area contributed by atoms with E-state index in [4.69, 9.17) is 5.26 Å². The maximum atomic E-state index is 8.99. The van der Waals surface area contributed by atoms with Gasteiger partial charge in [-0.2, -0.15) is 5.26 Å². The van der Waals surface area contributed by atoms with Gasteiger partial charge in [0.1, 0.15) is 0 Å². The monoisotopic (exact) mass is 242 g/mol. The van der Waals surface area contributed by atoms with E-state index in [1.165, 1.54) is 42.4 Å². The molecule has 0 N–H and O–H groups in total. The fourth-order valence-corrected chi connectivity index (χ4v) is 3.07. The van der Waals surface area contributed by atoms with Gasteiger partial charge in [0.2, 0.25) is 0 Å². The molecular weight excluding hydrogens is 220 g/mol. The van der Waals surface area contributed by atoms with Crippen LogP contribution in [0.3, 0.4) is 0 Å². The second-order valence-corrected chi connectivity index (χ2v) is 5.50. The molecule has 0 atom stereocenters. The minimum Gasteiger partial charge on any atom is -0.283 e. The summed E-state index contributed by atoms with van der Waals surface area (Å²) in [6.45, 7) is 5.75. The molecule has 2 heteroatoms. The van der Waals surface area contributed by atoms with Crippen LogP contribution < -0.4 is 0 Å². The van der Waals surface area contributed by atoms with Crippen molar-refractivity contribution in [2.45, 2.75) is 52.1 Å². The highest BCUT2D eigenvalue weighted by Crippen LogP contribution is 2.25. The molecule has 1 saturated carbocycles. The van der Waals surface area contributed by atoms with Crippen molar-refractivity contribution >= 4 is 0 Å². The van der Waals surface area contributed by atoms with Gasteiger partial charge in [0.25, 0.3) is 0 Å². The van der Waals surface area contributed by atoms with Crippen LogP contribution in [-0.4, -0.2) is 17.5 Å². The molecule has 0 aromatic heterocycles. The molecule has 2 nitrogen and oxygen atoms in total. The first-order chi connectivity index (χ1) is 8.69. The lowest BCUT2D eigenvalue weighted by atomic mass is 10.1. The van der Waals surface area contributed by atoms with Gasteiger partial charge in [-0.3, -0.25) is 4.90 Å². The largest absolute Gasteiger partial charge is 0.283 e. The van der Waals surface area contributed by atoms with E-state index in [2.05, 4.69) is 43.0 Å². The Morgan fingerprint density at radius 1 is 1.17 bits per heavy atom. The first-order valence-electron chi connectivity index (χ1n) is 6.87. The maximum Gasteiger partial charge on any atom is 0.0871 e. The van der Waals surface area contributed by atoms with Gasteiger partial charge >= 0.3 is 0 Å². The molecule has 0 amide bonds. The van der Waals surface area contributed by atoms with Gasteiger partial charge in [0, 0.05) is 12.6 Å². The van der Waals surface area contributed by atoms with Crippen molar-refractivity contribution in [3.8, 4) is 6.07 Å². The van der Waals surface area contributed by atoms with Crippen LogP contribution in [0, 0.1) is 25.2 Å². The second-order valence-electron chi connectivity index (χ2n) is 5.50. The van der Waals surface area contributed by atoms with Gasteiger partial charge in [-0.25, -0.2) is 0 Å². The summed E-state index contributed by atoms with van der Waals surface area (Å²) in [5, 5.41) is 8.99. The van der Waals surface area contributed by atoms with Crippen molar-refractivity contribution in [3.05, 3.63) is 34.9 Å². The second kappa shape index (κ2) is 6.02. The number of aryl methyl sites for hydroxylation is 2. The van der Waals surface area contributed by atoms with E-state index in [1.807, 2.05) is 0 Å².